The Morgan fingerprint density at radius 2 is 2.00 bits per heavy atom. The van der Waals surface area contributed by atoms with Gasteiger partial charge in [-0.15, -0.1) is 0 Å². The molecule has 1 fully saturated rings. The van der Waals surface area contributed by atoms with Crippen molar-refractivity contribution >= 4 is 0 Å². The van der Waals surface area contributed by atoms with Crippen molar-refractivity contribution in [2.45, 2.75) is 38.8 Å². The van der Waals surface area contributed by atoms with Crippen LogP contribution in [0.3, 0.4) is 0 Å². The van der Waals surface area contributed by atoms with Gasteiger partial charge in [-0.1, -0.05) is 19.9 Å². The van der Waals surface area contributed by atoms with E-state index in [0.717, 1.165) is 18.9 Å². The molecule has 20 heavy (non-hydrogen) atoms. The van der Waals surface area contributed by atoms with Gasteiger partial charge in [-0.05, 0) is 25.5 Å². The number of hydrogen-bond acceptors (Lipinski definition) is 2. The molecule has 0 saturated carbocycles. The molecule has 1 aliphatic rings. The summed E-state index contributed by atoms with van der Waals surface area (Å²) < 4.78 is 46.2. The van der Waals surface area contributed by atoms with Crippen molar-refractivity contribution in [3.63, 3.8) is 0 Å². The zero-order valence-electron chi connectivity index (χ0n) is 11.8. The number of rotatable bonds is 5. The molecule has 1 heterocycles. The van der Waals surface area contributed by atoms with E-state index in [-0.39, 0.29) is 23.6 Å². The highest BCUT2D eigenvalue weighted by molar-refractivity contribution is 5.25. The molecule has 0 radical (unpaired) electrons. The van der Waals surface area contributed by atoms with Crippen molar-refractivity contribution in [1.29, 1.82) is 0 Å². The first kappa shape index (κ1) is 15.3. The summed E-state index contributed by atoms with van der Waals surface area (Å²) in [5, 5.41) is 3.18. The van der Waals surface area contributed by atoms with Gasteiger partial charge in [-0.2, -0.15) is 0 Å². The van der Waals surface area contributed by atoms with E-state index < -0.39 is 17.5 Å². The third-order valence-corrected chi connectivity index (χ3v) is 3.92. The van der Waals surface area contributed by atoms with Crippen LogP contribution in [0.15, 0.2) is 12.1 Å². The minimum atomic E-state index is -1.41. The second-order valence-electron chi connectivity index (χ2n) is 5.07. The largest absolute Gasteiger partial charge is 0.378 e. The molecule has 0 aromatic heterocycles. The molecule has 2 rings (SSSR count). The molecule has 0 spiro atoms. The molecule has 0 amide bonds. The van der Waals surface area contributed by atoms with E-state index in [1.54, 1.807) is 0 Å². The van der Waals surface area contributed by atoms with E-state index in [1.165, 1.54) is 6.07 Å². The van der Waals surface area contributed by atoms with E-state index in [4.69, 9.17) is 4.74 Å². The van der Waals surface area contributed by atoms with Crippen molar-refractivity contribution in [3.05, 3.63) is 35.1 Å². The second-order valence-corrected chi connectivity index (χ2v) is 5.07. The molecule has 3 unspecified atom stereocenters. The van der Waals surface area contributed by atoms with Crippen LogP contribution in [0.2, 0.25) is 0 Å². The fourth-order valence-electron chi connectivity index (χ4n) is 2.96. The van der Waals surface area contributed by atoms with Gasteiger partial charge in [0, 0.05) is 24.1 Å². The molecule has 1 N–H and O–H groups in total. The SMILES string of the molecule is CCNC(c1ccc(F)c(F)c1F)C1CCOC1CC. The highest BCUT2D eigenvalue weighted by Gasteiger charge is 2.36. The van der Waals surface area contributed by atoms with Gasteiger partial charge in [0.2, 0.25) is 0 Å². The van der Waals surface area contributed by atoms with Gasteiger partial charge in [-0.25, -0.2) is 13.2 Å². The van der Waals surface area contributed by atoms with Gasteiger partial charge in [0.05, 0.1) is 6.10 Å². The first-order chi connectivity index (χ1) is 9.60. The van der Waals surface area contributed by atoms with Gasteiger partial charge in [-0.3, -0.25) is 0 Å². The van der Waals surface area contributed by atoms with Crippen LogP contribution < -0.4 is 5.32 Å². The number of hydrogen-bond donors (Lipinski definition) is 1. The Bertz CT molecular complexity index is 467. The van der Waals surface area contributed by atoms with E-state index >= 15 is 0 Å². The van der Waals surface area contributed by atoms with Crippen molar-refractivity contribution < 1.29 is 17.9 Å². The Morgan fingerprint density at radius 1 is 1.25 bits per heavy atom. The summed E-state index contributed by atoms with van der Waals surface area (Å²) >= 11 is 0. The monoisotopic (exact) mass is 287 g/mol. The highest BCUT2D eigenvalue weighted by atomic mass is 19.2. The van der Waals surface area contributed by atoms with Crippen molar-refractivity contribution in [1.82, 2.24) is 5.32 Å². The Kier molecular flexibility index (Phi) is 5.05. The molecule has 1 aromatic carbocycles. The molecular formula is C15H20F3NO. The lowest BCUT2D eigenvalue weighted by Gasteiger charge is -2.28. The van der Waals surface area contributed by atoms with Gasteiger partial charge >= 0.3 is 0 Å². The van der Waals surface area contributed by atoms with E-state index in [9.17, 15) is 13.2 Å². The topological polar surface area (TPSA) is 21.3 Å². The summed E-state index contributed by atoms with van der Waals surface area (Å²) in [6, 6.07) is 1.95. The average Bonchev–Trinajstić information content (AvgIpc) is 2.91. The predicted molar refractivity (Wildman–Crippen MR) is 70.9 cm³/mol. The summed E-state index contributed by atoms with van der Waals surface area (Å²) in [4.78, 5) is 0. The Balaban J connectivity index is 2.36. The summed E-state index contributed by atoms with van der Waals surface area (Å²) in [6.07, 6.45) is 1.62. The van der Waals surface area contributed by atoms with E-state index in [2.05, 4.69) is 5.32 Å². The summed E-state index contributed by atoms with van der Waals surface area (Å²) in [6.45, 7) is 5.15. The van der Waals surface area contributed by atoms with Gasteiger partial charge in [0.1, 0.15) is 0 Å². The standard InChI is InChI=1S/C15H20F3NO/c1-3-12-9(7-8-20-12)15(19-4-2)10-5-6-11(16)14(18)13(10)17/h5-6,9,12,15,19H,3-4,7-8H2,1-2H3. The van der Waals surface area contributed by atoms with Crippen LogP contribution in [0, 0.1) is 23.4 Å². The second kappa shape index (κ2) is 6.59. The van der Waals surface area contributed by atoms with Crippen LogP contribution in [0.5, 0.6) is 0 Å². The molecule has 0 bridgehead atoms. The number of nitrogens with one attached hydrogen (secondary N) is 1. The predicted octanol–water partition coefficient (Wildman–Crippen LogP) is 3.57. The molecule has 0 aliphatic carbocycles. The first-order valence-corrected chi connectivity index (χ1v) is 7.08. The summed E-state index contributed by atoms with van der Waals surface area (Å²) in [7, 11) is 0. The molecule has 1 saturated heterocycles. The normalized spacial score (nSPS) is 24.1. The Morgan fingerprint density at radius 3 is 2.65 bits per heavy atom. The Hall–Kier alpha value is -1.07. The zero-order chi connectivity index (χ0) is 14.7. The van der Waals surface area contributed by atoms with Crippen LogP contribution in [-0.2, 0) is 4.74 Å². The van der Waals surface area contributed by atoms with Crippen molar-refractivity contribution in [3.8, 4) is 0 Å². The lowest BCUT2D eigenvalue weighted by atomic mass is 9.86. The maximum absolute atomic E-state index is 14.0. The van der Waals surface area contributed by atoms with Gasteiger partial charge in [0.25, 0.3) is 0 Å². The third kappa shape index (κ3) is 2.83. The van der Waals surface area contributed by atoms with Crippen LogP contribution in [-0.4, -0.2) is 19.3 Å². The van der Waals surface area contributed by atoms with Crippen LogP contribution in [0.1, 0.15) is 38.3 Å². The first-order valence-electron chi connectivity index (χ1n) is 7.08. The highest BCUT2D eigenvalue weighted by Crippen LogP contribution is 2.36. The minimum absolute atomic E-state index is 0.0200. The fraction of sp³-hybridized carbons (Fsp3) is 0.600. The molecule has 1 aliphatic heterocycles. The maximum Gasteiger partial charge on any atom is 0.194 e. The lowest BCUT2D eigenvalue weighted by molar-refractivity contribution is 0.0771. The summed E-state index contributed by atoms with van der Waals surface area (Å²) in [5.41, 5.74) is 0.180. The lowest BCUT2D eigenvalue weighted by Crippen LogP contribution is -2.33. The van der Waals surface area contributed by atoms with Crippen LogP contribution >= 0.6 is 0 Å². The van der Waals surface area contributed by atoms with Crippen molar-refractivity contribution in [2.24, 2.45) is 5.92 Å². The molecule has 5 heteroatoms. The van der Waals surface area contributed by atoms with Crippen LogP contribution in [0.4, 0.5) is 13.2 Å². The number of benzene rings is 1. The third-order valence-electron chi connectivity index (χ3n) is 3.92. The molecule has 1 aromatic rings. The van der Waals surface area contributed by atoms with Crippen molar-refractivity contribution in [2.75, 3.05) is 13.2 Å². The maximum atomic E-state index is 14.0. The molecular weight excluding hydrogens is 267 g/mol. The summed E-state index contributed by atoms with van der Waals surface area (Å²) in [5.74, 6) is -3.59. The molecule has 2 nitrogen and oxygen atoms in total. The smallest absolute Gasteiger partial charge is 0.194 e. The molecule has 3 atom stereocenters. The Labute approximate surface area is 117 Å². The van der Waals surface area contributed by atoms with Gasteiger partial charge in [0.15, 0.2) is 17.5 Å². The minimum Gasteiger partial charge on any atom is -0.378 e. The average molecular weight is 287 g/mol. The van der Waals surface area contributed by atoms with Gasteiger partial charge < -0.3 is 10.1 Å². The fourth-order valence-corrected chi connectivity index (χ4v) is 2.96. The van der Waals surface area contributed by atoms with E-state index in [0.29, 0.717) is 13.2 Å². The quantitative estimate of drug-likeness (QED) is 0.836. The number of ether oxygens (including phenoxy) is 1. The number of halogens is 3. The van der Waals surface area contributed by atoms with E-state index in [1.807, 2.05) is 13.8 Å². The zero-order valence-corrected chi connectivity index (χ0v) is 11.8. The molecule has 112 valence electrons. The van der Waals surface area contributed by atoms with Crippen LogP contribution in [0.25, 0.3) is 0 Å².